The number of hydrogen-bond donors (Lipinski definition) is 2. The maximum Gasteiger partial charge on any atom is 0.251 e. The van der Waals surface area contributed by atoms with Gasteiger partial charge in [-0.3, -0.25) is 14.8 Å². The highest BCUT2D eigenvalue weighted by Gasteiger charge is 2.16. The Hall–Kier alpha value is -3.87. The monoisotopic (exact) mass is 454 g/mol. The first-order chi connectivity index (χ1) is 16.3. The molecule has 2 N–H and O–H groups in total. The highest BCUT2D eigenvalue weighted by Crippen LogP contribution is 2.27. The van der Waals surface area contributed by atoms with Gasteiger partial charge >= 0.3 is 0 Å². The third-order valence-electron chi connectivity index (χ3n) is 5.89. The number of nitrogens with zero attached hydrogens (tertiary/aromatic N) is 4. The maximum absolute atomic E-state index is 12.3. The van der Waals surface area contributed by atoms with Crippen LogP contribution in [0.1, 0.15) is 55.2 Å². The standard InChI is InChI=1S/C27H30N6O/c1-17(19-7-6-8-20-21(26(34)28-5)11-12-29-25(19)20)14-31-24-13-22(32-16-33-24)18-9-10-23(30-15-18)27(2,3)4/h6-13,15-17H,14H2,1-5H3,(H,28,34)(H,31,32,33)/t17-/m1/s1. The number of aromatic nitrogens is 4. The largest absolute Gasteiger partial charge is 0.369 e. The lowest BCUT2D eigenvalue weighted by molar-refractivity contribution is 0.0964. The Morgan fingerprint density at radius 3 is 2.56 bits per heavy atom. The Kier molecular flexibility index (Phi) is 6.54. The van der Waals surface area contributed by atoms with Gasteiger partial charge in [-0.25, -0.2) is 9.97 Å². The van der Waals surface area contributed by atoms with E-state index in [4.69, 9.17) is 0 Å². The molecule has 0 saturated heterocycles. The van der Waals surface area contributed by atoms with E-state index >= 15 is 0 Å². The summed E-state index contributed by atoms with van der Waals surface area (Å²) in [4.78, 5) is 30.3. The zero-order valence-corrected chi connectivity index (χ0v) is 20.3. The highest BCUT2D eigenvalue weighted by atomic mass is 16.1. The first-order valence-corrected chi connectivity index (χ1v) is 11.4. The molecule has 34 heavy (non-hydrogen) atoms. The number of pyridine rings is 2. The highest BCUT2D eigenvalue weighted by molar-refractivity contribution is 6.06. The minimum atomic E-state index is -0.117. The van der Waals surface area contributed by atoms with Crippen LogP contribution in [0.15, 0.2) is 61.2 Å². The molecule has 0 radical (unpaired) electrons. The zero-order chi connectivity index (χ0) is 24.3. The number of carbonyl (C=O) groups excluding carboxylic acids is 1. The molecule has 4 rings (SSSR count). The van der Waals surface area contributed by atoms with E-state index in [1.807, 2.05) is 36.5 Å². The van der Waals surface area contributed by atoms with Crippen molar-refractivity contribution in [1.82, 2.24) is 25.3 Å². The first kappa shape index (κ1) is 23.3. The molecule has 0 fully saturated rings. The van der Waals surface area contributed by atoms with Crippen LogP contribution in [-0.4, -0.2) is 39.4 Å². The van der Waals surface area contributed by atoms with Gasteiger partial charge in [0.1, 0.15) is 12.1 Å². The van der Waals surface area contributed by atoms with E-state index in [0.29, 0.717) is 12.1 Å². The second kappa shape index (κ2) is 9.55. The summed E-state index contributed by atoms with van der Waals surface area (Å²) in [5.41, 5.74) is 5.36. The average Bonchev–Trinajstić information content (AvgIpc) is 2.85. The van der Waals surface area contributed by atoms with Gasteiger partial charge in [-0.1, -0.05) is 45.9 Å². The van der Waals surface area contributed by atoms with Gasteiger partial charge in [0.2, 0.25) is 0 Å². The van der Waals surface area contributed by atoms with E-state index in [-0.39, 0.29) is 17.2 Å². The predicted octanol–water partition coefficient (Wildman–Crippen LogP) is 4.96. The van der Waals surface area contributed by atoms with Crippen LogP contribution in [0.4, 0.5) is 5.82 Å². The lowest BCUT2D eigenvalue weighted by Crippen LogP contribution is -2.18. The average molecular weight is 455 g/mol. The number of amides is 1. The van der Waals surface area contributed by atoms with Crippen LogP contribution in [-0.2, 0) is 5.41 Å². The van der Waals surface area contributed by atoms with Gasteiger partial charge in [-0.15, -0.1) is 0 Å². The normalized spacial score (nSPS) is 12.4. The van der Waals surface area contributed by atoms with Crippen LogP contribution in [0.2, 0.25) is 0 Å². The Morgan fingerprint density at radius 1 is 1.03 bits per heavy atom. The molecule has 1 atom stereocenters. The minimum absolute atomic E-state index is 0.00459. The lowest BCUT2D eigenvalue weighted by atomic mass is 9.91. The van der Waals surface area contributed by atoms with Gasteiger partial charge in [0, 0.05) is 60.0 Å². The fourth-order valence-corrected chi connectivity index (χ4v) is 3.90. The van der Waals surface area contributed by atoms with Crippen molar-refractivity contribution in [3.05, 3.63) is 78.0 Å². The fraction of sp³-hybridized carbons (Fsp3) is 0.296. The van der Waals surface area contributed by atoms with Crippen molar-refractivity contribution in [2.24, 2.45) is 0 Å². The molecular weight excluding hydrogens is 424 g/mol. The third kappa shape index (κ3) is 4.88. The fourth-order valence-electron chi connectivity index (χ4n) is 3.90. The molecule has 3 heterocycles. The number of fused-ring (bicyclic) bond motifs is 1. The Labute approximate surface area is 200 Å². The van der Waals surface area contributed by atoms with Crippen molar-refractivity contribution in [3.63, 3.8) is 0 Å². The maximum atomic E-state index is 12.3. The van der Waals surface area contributed by atoms with Gasteiger partial charge in [0.05, 0.1) is 16.8 Å². The number of nitrogens with one attached hydrogen (secondary N) is 2. The smallest absolute Gasteiger partial charge is 0.251 e. The topological polar surface area (TPSA) is 92.7 Å². The Balaban J connectivity index is 1.52. The van der Waals surface area contributed by atoms with Gasteiger partial charge in [-0.05, 0) is 23.8 Å². The Morgan fingerprint density at radius 2 is 1.85 bits per heavy atom. The number of hydrogen-bond acceptors (Lipinski definition) is 6. The molecule has 0 aliphatic heterocycles. The van der Waals surface area contributed by atoms with Gasteiger partial charge < -0.3 is 10.6 Å². The summed E-state index contributed by atoms with van der Waals surface area (Å²) in [5.74, 6) is 0.771. The Bertz CT molecular complexity index is 1310. The number of anilines is 1. The van der Waals surface area contributed by atoms with Gasteiger partial charge in [-0.2, -0.15) is 0 Å². The predicted molar refractivity (Wildman–Crippen MR) is 136 cm³/mol. The van der Waals surface area contributed by atoms with Crippen molar-refractivity contribution in [2.45, 2.75) is 39.0 Å². The summed E-state index contributed by atoms with van der Waals surface area (Å²) >= 11 is 0. The number of benzene rings is 1. The van der Waals surface area contributed by atoms with Crippen molar-refractivity contribution in [2.75, 3.05) is 18.9 Å². The molecule has 0 spiro atoms. The van der Waals surface area contributed by atoms with Gasteiger partial charge in [0.15, 0.2) is 0 Å². The molecular formula is C27H30N6O. The van der Waals surface area contributed by atoms with E-state index in [1.165, 1.54) is 0 Å². The molecule has 3 aromatic heterocycles. The first-order valence-electron chi connectivity index (χ1n) is 11.4. The summed E-state index contributed by atoms with van der Waals surface area (Å²) in [6.45, 7) is 9.23. The molecule has 1 aromatic carbocycles. The number of carbonyl (C=O) groups is 1. The lowest BCUT2D eigenvalue weighted by Gasteiger charge is -2.18. The van der Waals surface area contributed by atoms with Crippen molar-refractivity contribution < 1.29 is 4.79 Å². The summed E-state index contributed by atoms with van der Waals surface area (Å²) in [6.07, 6.45) is 5.11. The molecule has 1 amide bonds. The quantitative estimate of drug-likeness (QED) is 0.428. The molecule has 0 bridgehead atoms. The van der Waals surface area contributed by atoms with Crippen molar-refractivity contribution in [1.29, 1.82) is 0 Å². The molecule has 7 nitrogen and oxygen atoms in total. The van der Waals surface area contributed by atoms with E-state index in [0.717, 1.165) is 39.2 Å². The molecule has 0 unspecified atom stereocenters. The number of para-hydroxylation sites is 1. The van der Waals surface area contributed by atoms with E-state index in [2.05, 4.69) is 64.3 Å². The minimum Gasteiger partial charge on any atom is -0.369 e. The van der Waals surface area contributed by atoms with Crippen LogP contribution in [0.3, 0.4) is 0 Å². The van der Waals surface area contributed by atoms with E-state index < -0.39 is 0 Å². The second-order valence-electron chi connectivity index (χ2n) is 9.43. The van der Waals surface area contributed by atoms with Gasteiger partial charge in [0.25, 0.3) is 5.91 Å². The molecule has 0 saturated carbocycles. The summed E-state index contributed by atoms with van der Waals surface area (Å²) in [5, 5.41) is 6.97. The molecule has 7 heteroatoms. The summed E-state index contributed by atoms with van der Waals surface area (Å²) in [6, 6.07) is 13.8. The SMILES string of the molecule is CNC(=O)c1ccnc2c([C@H](C)CNc3cc(-c4ccc(C(C)(C)C)nc4)ncn3)cccc12. The van der Waals surface area contributed by atoms with Crippen LogP contribution in [0.5, 0.6) is 0 Å². The molecule has 4 aromatic rings. The molecule has 0 aliphatic rings. The van der Waals surface area contributed by atoms with E-state index in [9.17, 15) is 4.79 Å². The molecule has 174 valence electrons. The van der Waals surface area contributed by atoms with Crippen molar-refractivity contribution in [3.8, 4) is 11.3 Å². The summed E-state index contributed by atoms with van der Waals surface area (Å²) < 4.78 is 0. The van der Waals surface area contributed by atoms with Crippen molar-refractivity contribution >= 4 is 22.6 Å². The van der Waals surface area contributed by atoms with Crippen LogP contribution < -0.4 is 10.6 Å². The molecule has 0 aliphatic carbocycles. The number of rotatable bonds is 6. The third-order valence-corrected chi connectivity index (χ3v) is 5.89. The van der Waals surface area contributed by atoms with Crippen LogP contribution >= 0.6 is 0 Å². The second-order valence-corrected chi connectivity index (χ2v) is 9.43. The van der Waals surface area contributed by atoms with E-state index in [1.54, 1.807) is 25.6 Å². The van der Waals surface area contributed by atoms with Crippen LogP contribution in [0.25, 0.3) is 22.2 Å². The van der Waals surface area contributed by atoms with Crippen LogP contribution in [0, 0.1) is 0 Å². The summed E-state index contributed by atoms with van der Waals surface area (Å²) in [7, 11) is 1.63. The zero-order valence-electron chi connectivity index (χ0n) is 20.3.